The summed E-state index contributed by atoms with van der Waals surface area (Å²) in [6, 6.07) is 29.6. The number of benzene rings is 3. The average Bonchev–Trinajstić information content (AvgIpc) is 3.11. The Kier molecular flexibility index (Phi) is 9.23. The van der Waals surface area contributed by atoms with E-state index in [9.17, 15) is 0 Å². The second-order valence-electron chi connectivity index (χ2n) is 12.4. The molecule has 0 aliphatic carbocycles. The van der Waals surface area contributed by atoms with Crippen LogP contribution in [0.3, 0.4) is 0 Å². The zero-order valence-corrected chi connectivity index (χ0v) is 27.6. The van der Waals surface area contributed by atoms with E-state index in [1.165, 1.54) is 22.4 Å². The average molecular weight is 654 g/mol. The van der Waals surface area contributed by atoms with Crippen molar-refractivity contribution in [1.82, 2.24) is 15.3 Å². The van der Waals surface area contributed by atoms with Crippen LogP contribution in [0, 0.1) is 0 Å². The predicted molar refractivity (Wildman–Crippen MR) is 192 cm³/mol. The molecule has 3 aliphatic heterocycles. The lowest BCUT2D eigenvalue weighted by Crippen LogP contribution is -2.47. The van der Waals surface area contributed by atoms with E-state index in [0.717, 1.165) is 88.4 Å². The molecule has 0 bridgehead atoms. The molecule has 46 heavy (non-hydrogen) atoms. The number of para-hydroxylation sites is 1. The van der Waals surface area contributed by atoms with Crippen LogP contribution in [-0.4, -0.2) is 67.6 Å². The molecule has 3 aromatic carbocycles. The zero-order chi connectivity index (χ0) is 31.3. The van der Waals surface area contributed by atoms with Crippen molar-refractivity contribution in [2.45, 2.75) is 31.2 Å². The van der Waals surface area contributed by atoms with Crippen LogP contribution in [0.5, 0.6) is 0 Å². The summed E-state index contributed by atoms with van der Waals surface area (Å²) in [4.78, 5) is 17.2. The fourth-order valence-electron chi connectivity index (χ4n) is 6.85. The van der Waals surface area contributed by atoms with Crippen LogP contribution in [0.25, 0.3) is 0 Å². The molecule has 2 saturated heterocycles. The summed E-state index contributed by atoms with van der Waals surface area (Å²) in [5.74, 6) is 2.35. The number of anilines is 4. The molecule has 0 atom stereocenters. The number of nitrogens with zero attached hydrogens (tertiary/aromatic N) is 5. The van der Waals surface area contributed by atoms with E-state index in [4.69, 9.17) is 38.5 Å². The van der Waals surface area contributed by atoms with Gasteiger partial charge in [0.25, 0.3) is 0 Å². The molecule has 0 saturated carbocycles. The number of piperazine rings is 1. The Labute approximate surface area is 281 Å². The number of thiocarbonyl (C=S) groups is 1. The molecule has 0 unspecified atom stereocenters. The van der Waals surface area contributed by atoms with Crippen LogP contribution in [0.2, 0.25) is 5.02 Å². The minimum atomic E-state index is -0.0952. The SMILES string of the molecule is S=C(NCC1(c2ccc(Cl)cc2)CCOCC1)Nc1nc(N2CCN(c3ccccc3)CC2)cc(N2CCc3ccccc3C2)n1. The van der Waals surface area contributed by atoms with Crippen molar-refractivity contribution in [1.29, 1.82) is 0 Å². The molecule has 0 spiro atoms. The smallest absolute Gasteiger partial charge is 0.232 e. The van der Waals surface area contributed by atoms with Crippen LogP contribution in [0.4, 0.5) is 23.3 Å². The van der Waals surface area contributed by atoms with Gasteiger partial charge in [0.1, 0.15) is 11.6 Å². The molecule has 238 valence electrons. The highest BCUT2D eigenvalue weighted by molar-refractivity contribution is 7.80. The first-order valence-corrected chi connectivity index (χ1v) is 17.0. The summed E-state index contributed by atoms with van der Waals surface area (Å²) in [6.07, 6.45) is 2.81. The lowest BCUT2D eigenvalue weighted by Gasteiger charge is -2.38. The maximum Gasteiger partial charge on any atom is 0.232 e. The van der Waals surface area contributed by atoms with E-state index < -0.39 is 0 Å². The minimum absolute atomic E-state index is 0.0952. The Hall–Kier alpha value is -3.92. The van der Waals surface area contributed by atoms with Gasteiger partial charge in [0.15, 0.2) is 5.11 Å². The number of fused-ring (bicyclic) bond motifs is 1. The summed E-state index contributed by atoms with van der Waals surface area (Å²) >= 11 is 12.1. The van der Waals surface area contributed by atoms with Crippen LogP contribution in [0.1, 0.15) is 29.5 Å². The van der Waals surface area contributed by atoms with Gasteiger partial charge in [-0.05, 0) is 72.4 Å². The first-order chi connectivity index (χ1) is 22.5. The van der Waals surface area contributed by atoms with E-state index in [1.807, 2.05) is 12.1 Å². The molecule has 2 N–H and O–H groups in total. The van der Waals surface area contributed by atoms with Crippen molar-refractivity contribution in [2.75, 3.05) is 72.5 Å². The molecular weight excluding hydrogens is 614 g/mol. The molecule has 4 heterocycles. The molecule has 4 aromatic rings. The van der Waals surface area contributed by atoms with Gasteiger partial charge in [-0.25, -0.2) is 0 Å². The minimum Gasteiger partial charge on any atom is -0.381 e. The maximum atomic E-state index is 6.22. The van der Waals surface area contributed by atoms with Crippen molar-refractivity contribution in [2.24, 2.45) is 0 Å². The number of aromatic nitrogens is 2. The number of hydrogen-bond acceptors (Lipinski definition) is 7. The highest BCUT2D eigenvalue weighted by Gasteiger charge is 2.34. The quantitative estimate of drug-likeness (QED) is 0.232. The maximum absolute atomic E-state index is 6.22. The normalized spacial score (nSPS) is 17.7. The summed E-state index contributed by atoms with van der Waals surface area (Å²) < 4.78 is 5.73. The fraction of sp³-hybridized carbons (Fsp3) is 0.361. The lowest BCUT2D eigenvalue weighted by molar-refractivity contribution is 0.0515. The zero-order valence-electron chi connectivity index (χ0n) is 26.0. The monoisotopic (exact) mass is 653 g/mol. The van der Waals surface area contributed by atoms with E-state index in [2.05, 4.69) is 98.1 Å². The Morgan fingerprint density at radius 3 is 2.17 bits per heavy atom. The Bertz CT molecular complexity index is 1640. The van der Waals surface area contributed by atoms with Gasteiger partial charge in [0.2, 0.25) is 5.95 Å². The van der Waals surface area contributed by atoms with Crippen molar-refractivity contribution in [3.8, 4) is 0 Å². The largest absolute Gasteiger partial charge is 0.381 e. The Morgan fingerprint density at radius 2 is 1.43 bits per heavy atom. The van der Waals surface area contributed by atoms with Crippen LogP contribution in [0.15, 0.2) is 84.9 Å². The first-order valence-electron chi connectivity index (χ1n) is 16.2. The summed E-state index contributed by atoms with van der Waals surface area (Å²) in [6.45, 7) is 7.46. The van der Waals surface area contributed by atoms with Gasteiger partial charge in [-0.3, -0.25) is 0 Å². The third-order valence-corrected chi connectivity index (χ3v) is 10.1. The first kappa shape index (κ1) is 30.7. The van der Waals surface area contributed by atoms with Gasteiger partial charge in [-0.15, -0.1) is 0 Å². The van der Waals surface area contributed by atoms with Gasteiger partial charge in [0, 0.05) is 81.2 Å². The van der Waals surface area contributed by atoms with E-state index in [1.54, 1.807) is 0 Å². The molecule has 10 heteroatoms. The summed E-state index contributed by atoms with van der Waals surface area (Å²) in [7, 11) is 0. The van der Waals surface area contributed by atoms with Gasteiger partial charge < -0.3 is 30.1 Å². The Morgan fingerprint density at radius 1 is 0.783 bits per heavy atom. The van der Waals surface area contributed by atoms with Gasteiger partial charge >= 0.3 is 0 Å². The van der Waals surface area contributed by atoms with Crippen LogP contribution < -0.4 is 25.3 Å². The highest BCUT2D eigenvalue weighted by Crippen LogP contribution is 2.35. The molecule has 7 rings (SSSR count). The van der Waals surface area contributed by atoms with E-state index in [0.29, 0.717) is 17.6 Å². The second-order valence-corrected chi connectivity index (χ2v) is 13.2. The lowest BCUT2D eigenvalue weighted by atomic mass is 9.74. The summed E-state index contributed by atoms with van der Waals surface area (Å²) in [5, 5.41) is 8.11. The molecule has 1 aromatic heterocycles. The molecule has 2 fully saturated rings. The molecule has 0 radical (unpaired) electrons. The van der Waals surface area contributed by atoms with E-state index in [-0.39, 0.29) is 5.41 Å². The number of ether oxygens (including phenoxy) is 1. The topological polar surface area (TPSA) is 68.8 Å². The number of nitrogens with one attached hydrogen (secondary N) is 2. The van der Waals surface area contributed by atoms with Crippen molar-refractivity contribution in [3.63, 3.8) is 0 Å². The Balaban J connectivity index is 1.10. The number of halogens is 1. The van der Waals surface area contributed by atoms with Gasteiger partial charge in [0.05, 0.1) is 0 Å². The standard InChI is InChI=1S/C36H40ClN7OS/c37-30-12-10-29(11-13-30)36(15-22-45-23-16-36)26-38-35(46)41-34-39-32(43-20-18-42(19-21-43)31-8-2-1-3-9-31)24-33(40-34)44-17-14-27-6-4-5-7-28(27)25-44/h1-13,24H,14-23,25-26H2,(H2,38,39,40,41,46). The number of hydrogen-bond donors (Lipinski definition) is 2. The third-order valence-electron chi connectivity index (χ3n) is 9.60. The molecule has 0 amide bonds. The van der Waals surface area contributed by atoms with Crippen molar-refractivity contribution in [3.05, 3.63) is 107 Å². The molecule has 3 aliphatic rings. The second kappa shape index (κ2) is 13.8. The van der Waals surface area contributed by atoms with Crippen molar-refractivity contribution < 1.29 is 4.74 Å². The van der Waals surface area contributed by atoms with Gasteiger partial charge in [-0.2, -0.15) is 9.97 Å². The highest BCUT2D eigenvalue weighted by atomic mass is 35.5. The summed E-state index contributed by atoms with van der Waals surface area (Å²) in [5.41, 5.74) is 5.17. The fourth-order valence-corrected chi connectivity index (χ4v) is 7.14. The predicted octanol–water partition coefficient (Wildman–Crippen LogP) is 6.05. The number of rotatable bonds is 7. The van der Waals surface area contributed by atoms with Crippen LogP contribution in [-0.2, 0) is 23.1 Å². The third kappa shape index (κ3) is 6.92. The van der Waals surface area contributed by atoms with Crippen molar-refractivity contribution >= 4 is 52.2 Å². The molecule has 8 nitrogen and oxygen atoms in total. The molecular formula is C36H40ClN7OS. The van der Waals surface area contributed by atoms with Gasteiger partial charge in [-0.1, -0.05) is 66.2 Å². The van der Waals surface area contributed by atoms with E-state index >= 15 is 0 Å². The van der Waals surface area contributed by atoms with Crippen LogP contribution >= 0.6 is 23.8 Å².